The Hall–Kier alpha value is -8.09. The van der Waals surface area contributed by atoms with Crippen molar-refractivity contribution in [2.45, 2.75) is 59.8 Å². The molecule has 2 aliphatic heterocycles. The van der Waals surface area contributed by atoms with Crippen LogP contribution in [0.3, 0.4) is 0 Å². The molecule has 0 bridgehead atoms. The number of anilines is 3. The minimum absolute atomic E-state index is 0. The molecule has 2 atom stereocenters. The quantitative estimate of drug-likeness (QED) is 0.0491. The Kier molecular flexibility index (Phi) is 30.2. The average molecular weight is 1250 g/mol. The second-order valence-corrected chi connectivity index (χ2v) is 18.1. The molecule has 19 nitrogen and oxygen atoms in total. The zero-order valence-electron chi connectivity index (χ0n) is 46.1. The molecule has 10 rings (SSSR count). The number of hydrogen-bond donors (Lipinski definition) is 3. The molecule has 22 heteroatoms. The topological polar surface area (TPSA) is 239 Å². The van der Waals surface area contributed by atoms with Crippen LogP contribution in [0.4, 0.5) is 27.4 Å². The number of aliphatic hydroxyl groups excluding tert-OH is 1. The number of nitrogens with two attached hydrogens (primary N) is 1. The number of carbonyl (C=O) groups excluding carboxylic acids is 3. The van der Waals surface area contributed by atoms with Gasteiger partial charge in [-0.15, -0.1) is 12.4 Å². The van der Waals surface area contributed by atoms with Gasteiger partial charge in [-0.3, -0.25) is 4.79 Å². The Balaban J connectivity index is 0.000000293. The molecule has 2 fully saturated rings. The number of carbonyl (C=O) groups is 3. The van der Waals surface area contributed by atoms with Gasteiger partial charge in [-0.1, -0.05) is 107 Å². The fourth-order valence-corrected chi connectivity index (χ4v) is 7.34. The molecule has 436 valence electrons. The van der Waals surface area contributed by atoms with Gasteiger partial charge in [0, 0.05) is 45.7 Å². The van der Waals surface area contributed by atoms with Gasteiger partial charge in [0.25, 0.3) is 0 Å². The van der Waals surface area contributed by atoms with E-state index < -0.39 is 12.2 Å². The first-order valence-electron chi connectivity index (χ1n) is 25.3. The van der Waals surface area contributed by atoms with Crippen LogP contribution in [0.1, 0.15) is 56.1 Å². The fourth-order valence-electron chi connectivity index (χ4n) is 7.23. The summed E-state index contributed by atoms with van der Waals surface area (Å²) in [7, 11) is 0. The van der Waals surface area contributed by atoms with Gasteiger partial charge in [0.05, 0.1) is 12.1 Å². The van der Waals surface area contributed by atoms with Gasteiger partial charge in [-0.25, -0.2) is 39.3 Å². The largest absolute Gasteiger partial charge is 0.457 e. The summed E-state index contributed by atoms with van der Waals surface area (Å²) >= 11 is 5.66. The molecular formula is C60H67Cl2N10O9Pd-. The molecule has 2 aliphatic rings. The fraction of sp³-hybridized carbons (Fsp3) is 0.233. The van der Waals surface area contributed by atoms with Crippen LogP contribution < -0.4 is 35.1 Å². The van der Waals surface area contributed by atoms with Gasteiger partial charge in [-0.05, 0) is 126 Å². The van der Waals surface area contributed by atoms with E-state index in [0.29, 0.717) is 43.8 Å². The van der Waals surface area contributed by atoms with Crippen LogP contribution in [0.5, 0.6) is 34.5 Å². The van der Waals surface area contributed by atoms with Crippen LogP contribution in [0.15, 0.2) is 176 Å². The van der Waals surface area contributed by atoms with E-state index in [0.717, 1.165) is 51.9 Å². The third kappa shape index (κ3) is 21.8. The number of nitrogens with zero attached hydrogens (tertiary/aromatic N) is 8. The average Bonchev–Trinajstić information content (AvgIpc) is 4.13. The van der Waals surface area contributed by atoms with Crippen molar-refractivity contribution in [2.24, 2.45) is 17.6 Å². The van der Waals surface area contributed by atoms with E-state index in [1.807, 2.05) is 167 Å². The Labute approximate surface area is 503 Å². The molecule has 2 amide bonds. The van der Waals surface area contributed by atoms with Crippen molar-refractivity contribution in [3.05, 3.63) is 206 Å². The number of aromatic nitrogens is 6. The Morgan fingerprint density at radius 3 is 1.35 bits per heavy atom. The minimum Gasteiger partial charge on any atom is -0.457 e. The van der Waals surface area contributed by atoms with Crippen molar-refractivity contribution < 1.29 is 63.6 Å². The number of benzene rings is 6. The predicted octanol–water partition coefficient (Wildman–Crippen LogP) is 12.9. The summed E-state index contributed by atoms with van der Waals surface area (Å²) in [6.07, 6.45) is 2.60. The van der Waals surface area contributed by atoms with Crippen molar-refractivity contribution in [2.75, 3.05) is 34.9 Å². The molecule has 2 saturated heterocycles. The monoisotopic (exact) mass is 1250 g/mol. The summed E-state index contributed by atoms with van der Waals surface area (Å²) in [5.41, 5.74) is 8.31. The number of nitrogens with one attached hydrogen (secondary N) is 1. The van der Waals surface area contributed by atoms with Crippen molar-refractivity contribution >= 4 is 60.3 Å². The molecule has 82 heavy (non-hydrogen) atoms. The minimum atomic E-state index is -0.444. The summed E-state index contributed by atoms with van der Waals surface area (Å²) < 4.78 is 27.2. The summed E-state index contributed by atoms with van der Waals surface area (Å²) in [4.78, 5) is 61.2. The number of para-hydroxylation sites is 3. The number of amides is 2. The summed E-state index contributed by atoms with van der Waals surface area (Å²) in [5, 5.41) is 10.8. The first-order valence-corrected chi connectivity index (χ1v) is 25.7. The van der Waals surface area contributed by atoms with Gasteiger partial charge in [0.15, 0.2) is 0 Å². The number of cyclic esters (lactones) is 2. The SMILES string of the molecule is CC(C)[C@H]1COC(=O)N1c1ncnc(Cl)n1.CC(C)[C@H]1COC(=O)N1c1ncnc(NCc2ccc(Oc3ccccc3)cc2)n1.CCO.Cl.NCc1ccc(Oc2ccccc2)cc1.O=Cc1ccc(Oc2ccccc2)cc1.[CH3-].[Pd]. The molecular weight excluding hydrogens is 1180 g/mol. The van der Waals surface area contributed by atoms with E-state index in [4.69, 9.17) is 46.1 Å². The smallest absolute Gasteiger partial charge is 0.417 e. The molecule has 4 N–H and O–H groups in total. The third-order valence-corrected chi connectivity index (χ3v) is 11.5. The number of aldehydes is 1. The second-order valence-electron chi connectivity index (χ2n) is 17.8. The molecule has 4 heterocycles. The van der Waals surface area contributed by atoms with Crippen molar-refractivity contribution in [3.8, 4) is 34.5 Å². The Bertz CT molecular complexity index is 3090. The molecule has 0 aliphatic carbocycles. The van der Waals surface area contributed by atoms with Crippen LogP contribution >= 0.6 is 24.0 Å². The van der Waals surface area contributed by atoms with Gasteiger partial charge >= 0.3 is 12.2 Å². The summed E-state index contributed by atoms with van der Waals surface area (Å²) in [5.74, 6) is 6.15. The van der Waals surface area contributed by atoms with Crippen LogP contribution in [0.2, 0.25) is 5.28 Å². The van der Waals surface area contributed by atoms with E-state index >= 15 is 0 Å². The van der Waals surface area contributed by atoms with Crippen LogP contribution in [-0.4, -0.2) is 85.4 Å². The molecule has 6 aromatic carbocycles. The van der Waals surface area contributed by atoms with Gasteiger partial charge in [-0.2, -0.15) is 9.97 Å². The number of hydrogen-bond acceptors (Lipinski definition) is 17. The number of rotatable bonds is 15. The molecule has 0 saturated carbocycles. The maximum absolute atomic E-state index is 12.1. The van der Waals surface area contributed by atoms with E-state index in [2.05, 4.69) is 35.2 Å². The molecule has 8 aromatic rings. The zero-order valence-corrected chi connectivity index (χ0v) is 49.3. The summed E-state index contributed by atoms with van der Waals surface area (Å²) in [6, 6.07) is 51.3. The van der Waals surface area contributed by atoms with Gasteiger partial charge < -0.3 is 47.3 Å². The van der Waals surface area contributed by atoms with Crippen LogP contribution in [0.25, 0.3) is 0 Å². The van der Waals surface area contributed by atoms with Crippen molar-refractivity contribution in [1.29, 1.82) is 0 Å². The number of aliphatic hydroxyl groups is 1. The van der Waals surface area contributed by atoms with Crippen LogP contribution in [0, 0.1) is 19.3 Å². The van der Waals surface area contributed by atoms with E-state index in [1.54, 1.807) is 31.2 Å². The molecule has 0 spiro atoms. The first kappa shape index (κ1) is 68.2. The molecule has 0 radical (unpaired) electrons. The predicted molar refractivity (Wildman–Crippen MR) is 315 cm³/mol. The second kappa shape index (κ2) is 36.3. The first-order chi connectivity index (χ1) is 38.4. The van der Waals surface area contributed by atoms with Gasteiger partial charge in [0.1, 0.15) is 66.7 Å². The standard InChI is InChI=1S/C22H23N5O3.C13H13NO.C13H10O2.C9H11ClN4O2.C2H6O.CH3.ClH.Pd/c1-15(2)19-13-29-22(28)27(19)21-25-14-24-20(26-21)23-12-16-8-10-18(11-9-16)30-17-6-4-3-5-7-17;2*14-10-11-6-8-13(9-7-11)15-12-4-2-1-3-5-12;1-5(2)6-3-16-9(15)14(6)8-12-4-11-7(10)13-8;1-2-3;;;/h3-11,14-15,19H,12-13H2,1-2H3,(H,23,24,25,26);1-9H,10,14H2;1-10H;4-6H,3H2,1-2H3;3H,2H2,1H3;1H3;1H;/q;;;;;-1;;/t19-;;;6-;;;;/m1..1..../s1. The maximum Gasteiger partial charge on any atom is 0.417 e. The zero-order chi connectivity index (χ0) is 56.4. The Morgan fingerprint density at radius 2 is 0.976 bits per heavy atom. The maximum atomic E-state index is 12.1. The number of halogens is 2. The molecule has 2 aromatic heterocycles. The summed E-state index contributed by atoms with van der Waals surface area (Å²) in [6.45, 7) is 11.8. The third-order valence-electron chi connectivity index (χ3n) is 11.4. The normalized spacial score (nSPS) is 13.6. The van der Waals surface area contributed by atoms with E-state index in [9.17, 15) is 14.4 Å². The Morgan fingerprint density at radius 1 is 0.610 bits per heavy atom. The van der Waals surface area contributed by atoms with E-state index in [1.165, 1.54) is 22.5 Å². The van der Waals surface area contributed by atoms with Gasteiger partial charge in [0.2, 0.25) is 23.1 Å². The van der Waals surface area contributed by atoms with E-state index in [-0.39, 0.29) is 82.0 Å². The molecule has 0 unspecified atom stereocenters. The van der Waals surface area contributed by atoms with Crippen molar-refractivity contribution in [1.82, 2.24) is 29.9 Å². The van der Waals surface area contributed by atoms with Crippen LogP contribution in [-0.2, 0) is 43.0 Å². The van der Waals surface area contributed by atoms with Crippen molar-refractivity contribution in [3.63, 3.8) is 0 Å². The number of ether oxygens (including phenoxy) is 5.